The number of nitrogens with one attached hydrogen (secondary N) is 2. The Labute approximate surface area is 181 Å². The molecular formula is C20H20ClN3O5S. The number of fused-ring (bicyclic) bond motifs is 1. The van der Waals surface area contributed by atoms with Crippen molar-refractivity contribution in [2.75, 3.05) is 11.9 Å². The zero-order chi connectivity index (χ0) is 21.7. The van der Waals surface area contributed by atoms with Crippen LogP contribution < -0.4 is 10.7 Å². The van der Waals surface area contributed by atoms with Crippen LogP contribution in [0.3, 0.4) is 0 Å². The number of carbonyl (C=O) groups is 3. The monoisotopic (exact) mass is 449 g/mol. The molecule has 1 aliphatic rings. The molecule has 3 N–H and O–H groups in total. The number of carbonyl (C=O) groups excluding carboxylic acids is 3. The number of ether oxygens (including phenoxy) is 1. The minimum Gasteiger partial charge on any atom is -0.507 e. The zero-order valence-electron chi connectivity index (χ0n) is 16.2. The fraction of sp³-hybridized carbons (Fsp3) is 0.300. The van der Waals surface area contributed by atoms with Gasteiger partial charge in [-0.3, -0.25) is 9.59 Å². The molecule has 30 heavy (non-hydrogen) atoms. The fourth-order valence-corrected chi connectivity index (χ4v) is 4.53. The maximum atomic E-state index is 12.4. The van der Waals surface area contributed by atoms with Crippen LogP contribution in [0.5, 0.6) is 5.75 Å². The molecule has 0 unspecified atom stereocenters. The number of phenolic OH excluding ortho intramolecular Hbond substituents is 1. The van der Waals surface area contributed by atoms with Crippen LogP contribution in [0.2, 0.25) is 5.02 Å². The number of aryl methyl sites for hydroxylation is 1. The van der Waals surface area contributed by atoms with E-state index in [2.05, 4.69) is 15.8 Å². The van der Waals surface area contributed by atoms with E-state index in [1.165, 1.54) is 35.8 Å². The molecule has 0 saturated carbocycles. The Balaban J connectivity index is 1.71. The third-order valence-electron chi connectivity index (χ3n) is 4.44. The Kier molecular flexibility index (Phi) is 7.07. The van der Waals surface area contributed by atoms with Gasteiger partial charge in [-0.25, -0.2) is 10.2 Å². The number of hydrazone groups is 1. The lowest BCUT2D eigenvalue weighted by molar-refractivity contribution is -0.136. The van der Waals surface area contributed by atoms with Crippen molar-refractivity contribution in [2.24, 2.45) is 5.10 Å². The van der Waals surface area contributed by atoms with Crippen LogP contribution in [0.1, 0.15) is 46.1 Å². The van der Waals surface area contributed by atoms with E-state index < -0.39 is 17.8 Å². The second-order valence-electron chi connectivity index (χ2n) is 6.49. The van der Waals surface area contributed by atoms with E-state index in [0.29, 0.717) is 15.6 Å². The number of thiophene rings is 1. The number of esters is 1. The van der Waals surface area contributed by atoms with Crippen LogP contribution in [-0.4, -0.2) is 35.7 Å². The first-order chi connectivity index (χ1) is 14.4. The average molecular weight is 450 g/mol. The number of rotatable bonds is 5. The maximum Gasteiger partial charge on any atom is 0.341 e. The van der Waals surface area contributed by atoms with Gasteiger partial charge in [-0.1, -0.05) is 11.6 Å². The van der Waals surface area contributed by atoms with Crippen LogP contribution in [-0.2, 0) is 27.2 Å². The fourth-order valence-electron chi connectivity index (χ4n) is 3.07. The van der Waals surface area contributed by atoms with Crippen molar-refractivity contribution in [3.63, 3.8) is 0 Å². The van der Waals surface area contributed by atoms with E-state index in [1.807, 2.05) is 0 Å². The van der Waals surface area contributed by atoms with E-state index in [1.54, 1.807) is 6.92 Å². The van der Waals surface area contributed by atoms with Crippen LogP contribution in [0, 0.1) is 0 Å². The van der Waals surface area contributed by atoms with E-state index in [-0.39, 0.29) is 17.9 Å². The second-order valence-corrected chi connectivity index (χ2v) is 8.03. The van der Waals surface area contributed by atoms with E-state index >= 15 is 0 Å². The Morgan fingerprint density at radius 2 is 2.03 bits per heavy atom. The van der Waals surface area contributed by atoms with Gasteiger partial charge in [-0.15, -0.1) is 11.3 Å². The quantitative estimate of drug-likeness (QED) is 0.280. The number of halogens is 1. The summed E-state index contributed by atoms with van der Waals surface area (Å²) < 4.78 is 5.13. The van der Waals surface area contributed by atoms with Gasteiger partial charge >= 0.3 is 17.8 Å². The first-order valence-electron chi connectivity index (χ1n) is 9.35. The molecule has 2 aromatic rings. The summed E-state index contributed by atoms with van der Waals surface area (Å²) in [4.78, 5) is 37.8. The Morgan fingerprint density at radius 3 is 2.80 bits per heavy atom. The minimum absolute atomic E-state index is 0.0786. The predicted octanol–water partition coefficient (Wildman–Crippen LogP) is 3.25. The van der Waals surface area contributed by atoms with Gasteiger partial charge < -0.3 is 15.2 Å². The first kappa shape index (κ1) is 21.8. The van der Waals surface area contributed by atoms with E-state index in [4.69, 9.17) is 16.3 Å². The van der Waals surface area contributed by atoms with Gasteiger partial charge in [0.1, 0.15) is 10.8 Å². The van der Waals surface area contributed by atoms with Crippen molar-refractivity contribution < 1.29 is 24.2 Å². The molecule has 10 heteroatoms. The number of anilines is 1. The maximum absolute atomic E-state index is 12.4. The third-order valence-corrected chi connectivity index (χ3v) is 5.89. The standard InChI is InChI=1S/C20H20ClN3O5S/c1-2-29-20(28)16-13-5-3-4-6-15(13)30-19(16)23-17(26)18(27)24-22-10-11-9-12(21)7-8-14(11)25/h7-10,25H,2-6H2,1H3,(H,23,26)(H,24,27)/b22-10+. The molecule has 158 valence electrons. The molecule has 1 heterocycles. The largest absolute Gasteiger partial charge is 0.507 e. The van der Waals surface area contributed by atoms with Gasteiger partial charge in [-0.05, 0) is 56.4 Å². The molecule has 1 aromatic heterocycles. The number of phenols is 1. The minimum atomic E-state index is -1.02. The lowest BCUT2D eigenvalue weighted by Crippen LogP contribution is -2.32. The zero-order valence-corrected chi connectivity index (χ0v) is 17.7. The number of amides is 2. The normalized spacial score (nSPS) is 13.0. The van der Waals surface area contributed by atoms with Gasteiger partial charge in [0.25, 0.3) is 0 Å². The van der Waals surface area contributed by atoms with Gasteiger partial charge in [0.15, 0.2) is 0 Å². The molecule has 0 spiro atoms. The molecule has 1 aromatic carbocycles. The summed E-state index contributed by atoms with van der Waals surface area (Å²) in [5.74, 6) is -2.58. The molecule has 8 nitrogen and oxygen atoms in total. The Morgan fingerprint density at radius 1 is 1.27 bits per heavy atom. The Hall–Kier alpha value is -2.91. The van der Waals surface area contributed by atoms with Crippen LogP contribution in [0.4, 0.5) is 5.00 Å². The number of benzene rings is 1. The summed E-state index contributed by atoms with van der Waals surface area (Å²) in [7, 11) is 0. The van der Waals surface area contributed by atoms with Gasteiger partial charge in [0.05, 0.1) is 18.4 Å². The molecule has 0 fully saturated rings. The number of aromatic hydroxyl groups is 1. The van der Waals surface area contributed by atoms with Crippen molar-refractivity contribution in [1.29, 1.82) is 0 Å². The lowest BCUT2D eigenvalue weighted by Gasteiger charge is -2.12. The van der Waals surface area contributed by atoms with E-state index in [0.717, 1.165) is 36.1 Å². The van der Waals surface area contributed by atoms with Crippen molar-refractivity contribution in [3.8, 4) is 5.75 Å². The summed E-state index contributed by atoms with van der Waals surface area (Å²) in [5.41, 5.74) is 3.57. The molecular weight excluding hydrogens is 430 g/mol. The van der Waals surface area contributed by atoms with E-state index in [9.17, 15) is 19.5 Å². The molecule has 0 radical (unpaired) electrons. The summed E-state index contributed by atoms with van der Waals surface area (Å²) in [6.45, 7) is 1.92. The molecule has 2 amide bonds. The van der Waals surface area contributed by atoms with Crippen LogP contribution >= 0.6 is 22.9 Å². The number of hydrogen-bond acceptors (Lipinski definition) is 7. The highest BCUT2D eigenvalue weighted by atomic mass is 35.5. The second kappa shape index (κ2) is 9.73. The first-order valence-corrected chi connectivity index (χ1v) is 10.5. The highest BCUT2D eigenvalue weighted by Gasteiger charge is 2.28. The molecule has 1 aliphatic carbocycles. The average Bonchev–Trinajstić information content (AvgIpc) is 3.08. The van der Waals surface area contributed by atoms with Crippen molar-refractivity contribution in [1.82, 2.24) is 5.43 Å². The highest BCUT2D eigenvalue weighted by molar-refractivity contribution is 7.17. The Bertz CT molecular complexity index is 1020. The molecule has 0 bridgehead atoms. The lowest BCUT2D eigenvalue weighted by atomic mass is 9.95. The summed E-state index contributed by atoms with van der Waals surface area (Å²) >= 11 is 7.13. The highest BCUT2D eigenvalue weighted by Crippen LogP contribution is 2.38. The predicted molar refractivity (Wildman–Crippen MR) is 114 cm³/mol. The van der Waals surface area contributed by atoms with Crippen molar-refractivity contribution >= 4 is 51.9 Å². The topological polar surface area (TPSA) is 117 Å². The van der Waals surface area contributed by atoms with Crippen LogP contribution in [0.15, 0.2) is 23.3 Å². The molecule has 0 atom stereocenters. The summed E-state index contributed by atoms with van der Waals surface area (Å²) in [6.07, 6.45) is 4.68. The van der Waals surface area contributed by atoms with Gasteiger partial charge in [0, 0.05) is 15.5 Å². The number of nitrogens with zero attached hydrogens (tertiary/aromatic N) is 1. The van der Waals surface area contributed by atoms with Crippen molar-refractivity contribution in [2.45, 2.75) is 32.6 Å². The summed E-state index contributed by atoms with van der Waals surface area (Å²) in [5, 5.41) is 16.6. The smallest absolute Gasteiger partial charge is 0.341 e. The molecule has 0 saturated heterocycles. The van der Waals surface area contributed by atoms with Crippen molar-refractivity contribution in [3.05, 3.63) is 44.8 Å². The SMILES string of the molecule is CCOC(=O)c1c(NC(=O)C(=O)N/N=C/c2cc(Cl)ccc2O)sc2c1CCCC2. The number of hydrogen-bond donors (Lipinski definition) is 3. The van der Waals surface area contributed by atoms with Gasteiger partial charge in [-0.2, -0.15) is 5.10 Å². The summed E-state index contributed by atoms with van der Waals surface area (Å²) in [6, 6.07) is 4.34. The van der Waals surface area contributed by atoms with Crippen LogP contribution in [0.25, 0.3) is 0 Å². The molecule has 3 rings (SSSR count). The van der Waals surface area contributed by atoms with Gasteiger partial charge in [0.2, 0.25) is 0 Å². The third kappa shape index (κ3) is 4.98. The molecule has 0 aliphatic heterocycles.